The number of esters is 2. The summed E-state index contributed by atoms with van der Waals surface area (Å²) < 4.78 is 16.1. The Morgan fingerprint density at radius 3 is 2.00 bits per heavy atom. The van der Waals surface area contributed by atoms with Gasteiger partial charge in [-0.05, 0) is 70.9 Å². The summed E-state index contributed by atoms with van der Waals surface area (Å²) in [7, 11) is 0. The van der Waals surface area contributed by atoms with Crippen LogP contribution in [-0.2, 0) is 36.8 Å². The van der Waals surface area contributed by atoms with Gasteiger partial charge >= 0.3 is 18.0 Å². The molecule has 0 aliphatic rings. The number of amides is 1. The molecule has 0 saturated heterocycles. The summed E-state index contributed by atoms with van der Waals surface area (Å²) in [4.78, 5) is 37.7. The minimum Gasteiger partial charge on any atom is -0.465 e. The monoisotopic (exact) mass is 526 g/mol. The van der Waals surface area contributed by atoms with E-state index in [2.05, 4.69) is 10.6 Å². The number of hydrogen-bond acceptors (Lipinski definition) is 7. The van der Waals surface area contributed by atoms with E-state index >= 15 is 0 Å². The SMILES string of the molecule is CCOC(=O)[C@H](CCc1ccccc1)N[C@@H](CCCCNC(=O)OCc1ccccc1)C(=O)OC(C)(C)C. The molecule has 2 N–H and O–H groups in total. The number of carbonyl (C=O) groups excluding carboxylic acids is 3. The molecule has 0 aliphatic carbocycles. The lowest BCUT2D eigenvalue weighted by molar-refractivity contribution is -0.158. The van der Waals surface area contributed by atoms with Crippen LogP contribution in [-0.4, -0.2) is 48.9 Å². The van der Waals surface area contributed by atoms with Gasteiger partial charge in [-0.25, -0.2) is 4.79 Å². The molecule has 1 amide bonds. The fourth-order valence-electron chi connectivity index (χ4n) is 3.79. The third-order valence-corrected chi connectivity index (χ3v) is 5.63. The van der Waals surface area contributed by atoms with Gasteiger partial charge in [0.1, 0.15) is 24.3 Å². The second-order valence-electron chi connectivity index (χ2n) is 10.1. The van der Waals surface area contributed by atoms with Gasteiger partial charge in [-0.15, -0.1) is 0 Å². The van der Waals surface area contributed by atoms with Gasteiger partial charge in [0.2, 0.25) is 0 Å². The Morgan fingerprint density at radius 2 is 1.39 bits per heavy atom. The number of carbonyl (C=O) groups is 3. The molecule has 8 heteroatoms. The quantitative estimate of drug-likeness (QED) is 0.192. The molecule has 0 fully saturated rings. The van der Waals surface area contributed by atoms with Crippen LogP contribution >= 0.6 is 0 Å². The second-order valence-corrected chi connectivity index (χ2v) is 10.1. The molecule has 0 aliphatic heterocycles. The zero-order valence-electron chi connectivity index (χ0n) is 23.0. The van der Waals surface area contributed by atoms with Crippen LogP contribution in [0.3, 0.4) is 0 Å². The smallest absolute Gasteiger partial charge is 0.407 e. The molecular formula is C30H42N2O6. The molecule has 2 rings (SSSR count). The highest BCUT2D eigenvalue weighted by Gasteiger charge is 2.30. The van der Waals surface area contributed by atoms with Gasteiger partial charge in [0.05, 0.1) is 6.61 Å². The van der Waals surface area contributed by atoms with Crippen molar-refractivity contribution in [2.45, 2.75) is 84.1 Å². The number of hydrogen-bond donors (Lipinski definition) is 2. The van der Waals surface area contributed by atoms with Crippen molar-refractivity contribution in [3.63, 3.8) is 0 Å². The lowest BCUT2D eigenvalue weighted by Crippen LogP contribution is -2.49. The Labute approximate surface area is 226 Å². The lowest BCUT2D eigenvalue weighted by atomic mass is 10.0. The van der Waals surface area contributed by atoms with Gasteiger partial charge in [0.25, 0.3) is 0 Å². The Morgan fingerprint density at radius 1 is 0.789 bits per heavy atom. The third kappa shape index (κ3) is 12.7. The molecule has 0 spiro atoms. The van der Waals surface area contributed by atoms with Crippen LogP contribution in [0.15, 0.2) is 60.7 Å². The number of aryl methyl sites for hydroxylation is 1. The van der Waals surface area contributed by atoms with Crippen molar-refractivity contribution in [1.29, 1.82) is 0 Å². The molecule has 0 saturated carbocycles. The summed E-state index contributed by atoms with van der Waals surface area (Å²) in [5.41, 5.74) is 1.35. The highest BCUT2D eigenvalue weighted by Crippen LogP contribution is 2.14. The summed E-state index contributed by atoms with van der Waals surface area (Å²) in [5, 5.41) is 5.94. The second kappa shape index (κ2) is 16.5. The predicted molar refractivity (Wildman–Crippen MR) is 146 cm³/mol. The zero-order chi connectivity index (χ0) is 27.8. The maximum absolute atomic E-state index is 13.0. The van der Waals surface area contributed by atoms with Gasteiger partial charge in [-0.2, -0.15) is 0 Å². The predicted octanol–water partition coefficient (Wildman–Crippen LogP) is 4.95. The number of nitrogens with one attached hydrogen (secondary N) is 2. The molecular weight excluding hydrogens is 484 g/mol. The normalized spacial score (nSPS) is 12.7. The van der Waals surface area contributed by atoms with E-state index in [4.69, 9.17) is 14.2 Å². The number of rotatable bonds is 15. The van der Waals surface area contributed by atoms with E-state index in [0.29, 0.717) is 38.6 Å². The van der Waals surface area contributed by atoms with Crippen molar-refractivity contribution < 1.29 is 28.6 Å². The van der Waals surface area contributed by atoms with E-state index in [1.165, 1.54) is 0 Å². The number of benzene rings is 2. The van der Waals surface area contributed by atoms with Gasteiger partial charge in [0.15, 0.2) is 0 Å². The third-order valence-electron chi connectivity index (χ3n) is 5.63. The van der Waals surface area contributed by atoms with Crippen molar-refractivity contribution in [2.75, 3.05) is 13.2 Å². The largest absolute Gasteiger partial charge is 0.465 e. The highest BCUT2D eigenvalue weighted by atomic mass is 16.6. The average molecular weight is 527 g/mol. The van der Waals surface area contributed by atoms with Crippen LogP contribution in [0.1, 0.15) is 64.5 Å². The van der Waals surface area contributed by atoms with E-state index in [-0.39, 0.29) is 19.2 Å². The minimum atomic E-state index is -0.690. The standard InChI is InChI=1S/C30H42N2O6/c1-5-36-27(33)26(20-19-23-14-8-6-9-15-23)32-25(28(34)38-30(2,3)4)18-12-13-21-31-29(35)37-22-24-16-10-7-11-17-24/h6-11,14-17,25-26,32H,5,12-13,18-22H2,1-4H3,(H,31,35)/t25-,26-/m0/s1. The van der Waals surface area contributed by atoms with Crippen LogP contribution in [0.25, 0.3) is 0 Å². The first-order valence-corrected chi connectivity index (χ1v) is 13.3. The molecule has 0 bridgehead atoms. The van der Waals surface area contributed by atoms with Gasteiger partial charge in [-0.3, -0.25) is 14.9 Å². The molecule has 2 aromatic rings. The van der Waals surface area contributed by atoms with E-state index < -0.39 is 29.7 Å². The molecule has 2 aromatic carbocycles. The summed E-state index contributed by atoms with van der Waals surface area (Å²) in [5.74, 6) is -0.804. The molecule has 0 unspecified atom stereocenters. The molecule has 38 heavy (non-hydrogen) atoms. The van der Waals surface area contributed by atoms with E-state index in [9.17, 15) is 14.4 Å². The maximum Gasteiger partial charge on any atom is 0.407 e. The Bertz CT molecular complexity index is 975. The van der Waals surface area contributed by atoms with Gasteiger partial charge < -0.3 is 19.5 Å². The van der Waals surface area contributed by atoms with Crippen LogP contribution in [0.5, 0.6) is 0 Å². The highest BCUT2D eigenvalue weighted by molar-refractivity contribution is 5.80. The summed E-state index contributed by atoms with van der Waals surface area (Å²) in [6.07, 6.45) is 2.36. The van der Waals surface area contributed by atoms with E-state index in [1.54, 1.807) is 6.92 Å². The molecule has 2 atom stereocenters. The number of alkyl carbamates (subject to hydrolysis) is 1. The van der Waals surface area contributed by atoms with Crippen molar-refractivity contribution in [3.8, 4) is 0 Å². The molecule has 208 valence electrons. The van der Waals surface area contributed by atoms with Gasteiger partial charge in [0, 0.05) is 6.54 Å². The molecule has 0 heterocycles. The first-order chi connectivity index (χ1) is 18.2. The van der Waals surface area contributed by atoms with Crippen molar-refractivity contribution >= 4 is 18.0 Å². The molecule has 0 radical (unpaired) electrons. The Hall–Kier alpha value is -3.39. The van der Waals surface area contributed by atoms with Crippen molar-refractivity contribution in [2.24, 2.45) is 0 Å². The number of unbranched alkanes of at least 4 members (excludes halogenated alkanes) is 1. The minimum absolute atomic E-state index is 0.204. The molecule has 0 aromatic heterocycles. The lowest BCUT2D eigenvalue weighted by Gasteiger charge is -2.27. The Balaban J connectivity index is 1.90. The van der Waals surface area contributed by atoms with Crippen LogP contribution in [0.4, 0.5) is 4.79 Å². The number of ether oxygens (including phenoxy) is 3. The van der Waals surface area contributed by atoms with E-state index in [0.717, 1.165) is 11.1 Å². The van der Waals surface area contributed by atoms with Crippen molar-refractivity contribution in [3.05, 3.63) is 71.8 Å². The van der Waals surface area contributed by atoms with Crippen LogP contribution < -0.4 is 10.6 Å². The van der Waals surface area contributed by atoms with Crippen LogP contribution in [0.2, 0.25) is 0 Å². The first kappa shape index (κ1) is 30.8. The fourth-order valence-corrected chi connectivity index (χ4v) is 3.79. The average Bonchev–Trinajstić information content (AvgIpc) is 2.88. The van der Waals surface area contributed by atoms with E-state index in [1.807, 2.05) is 81.4 Å². The zero-order valence-corrected chi connectivity index (χ0v) is 23.0. The Kier molecular flexibility index (Phi) is 13.3. The topological polar surface area (TPSA) is 103 Å². The molecule has 8 nitrogen and oxygen atoms in total. The summed E-state index contributed by atoms with van der Waals surface area (Å²) in [6, 6.07) is 18.0. The van der Waals surface area contributed by atoms with Gasteiger partial charge in [-0.1, -0.05) is 60.7 Å². The van der Waals surface area contributed by atoms with Crippen LogP contribution in [0, 0.1) is 0 Å². The summed E-state index contributed by atoms with van der Waals surface area (Å²) in [6.45, 7) is 8.06. The first-order valence-electron chi connectivity index (χ1n) is 13.3. The van der Waals surface area contributed by atoms with Crippen molar-refractivity contribution in [1.82, 2.24) is 10.6 Å². The maximum atomic E-state index is 13.0. The summed E-state index contributed by atoms with van der Waals surface area (Å²) >= 11 is 0. The fraction of sp³-hybridized carbons (Fsp3) is 0.500.